The number of carbonyl (C=O) groups excluding carboxylic acids is 1. The molecule has 1 amide bonds. The molecule has 1 aromatic carbocycles. The van der Waals surface area contributed by atoms with E-state index in [0.29, 0.717) is 18.5 Å². The van der Waals surface area contributed by atoms with E-state index in [1.165, 1.54) is 29.0 Å². The van der Waals surface area contributed by atoms with Gasteiger partial charge in [-0.2, -0.15) is 17.5 Å². The number of aromatic amines is 1. The molecule has 1 aliphatic rings. The Morgan fingerprint density at radius 3 is 2.43 bits per heavy atom. The molecule has 3 rings (SSSR count). The molecule has 1 saturated heterocycles. The SMILES string of the molecule is O=C(Cc1ccc(C(F)(F)F)cc1)N1CCCN(S(=O)(=O)c2cnc[nH]2)CC1. The lowest BCUT2D eigenvalue weighted by molar-refractivity contribution is -0.137. The summed E-state index contributed by atoms with van der Waals surface area (Å²) in [5.74, 6) is -0.249. The van der Waals surface area contributed by atoms with E-state index in [1.807, 2.05) is 0 Å². The minimum atomic E-state index is -4.42. The molecule has 1 aliphatic heterocycles. The molecule has 2 aromatic rings. The van der Waals surface area contributed by atoms with E-state index in [-0.39, 0.29) is 37.0 Å². The first-order valence-corrected chi connectivity index (χ1v) is 10.0. The average Bonchev–Trinajstić information content (AvgIpc) is 3.06. The summed E-state index contributed by atoms with van der Waals surface area (Å²) in [6.45, 7) is 1.01. The molecular formula is C17H19F3N4O3S. The van der Waals surface area contributed by atoms with Crippen molar-refractivity contribution in [3.8, 4) is 0 Å². The molecule has 1 N–H and O–H groups in total. The van der Waals surface area contributed by atoms with Crippen LogP contribution in [0.25, 0.3) is 0 Å². The third-order valence-electron chi connectivity index (χ3n) is 4.54. The predicted octanol–water partition coefficient (Wildman–Crippen LogP) is 1.89. The lowest BCUT2D eigenvalue weighted by atomic mass is 10.1. The lowest BCUT2D eigenvalue weighted by Crippen LogP contribution is -2.38. The number of aromatic nitrogens is 2. The second kappa shape index (κ2) is 7.92. The normalized spacial score (nSPS) is 16.8. The molecule has 0 atom stereocenters. The highest BCUT2D eigenvalue weighted by molar-refractivity contribution is 7.89. The van der Waals surface area contributed by atoms with Gasteiger partial charge < -0.3 is 9.88 Å². The number of amides is 1. The maximum atomic E-state index is 12.6. The molecule has 0 spiro atoms. The second-order valence-electron chi connectivity index (χ2n) is 6.43. The highest BCUT2D eigenvalue weighted by atomic mass is 32.2. The first-order valence-electron chi connectivity index (χ1n) is 8.60. The molecular weight excluding hydrogens is 397 g/mol. The summed E-state index contributed by atoms with van der Waals surface area (Å²) in [5, 5.41) is -0.00275. The number of nitrogens with one attached hydrogen (secondary N) is 1. The number of H-pyrrole nitrogens is 1. The third-order valence-corrected chi connectivity index (χ3v) is 6.36. The monoisotopic (exact) mass is 416 g/mol. The van der Waals surface area contributed by atoms with Crippen LogP contribution in [0.5, 0.6) is 0 Å². The molecule has 7 nitrogen and oxygen atoms in total. The number of alkyl halides is 3. The quantitative estimate of drug-likeness (QED) is 0.825. The molecule has 2 heterocycles. The fraction of sp³-hybridized carbons (Fsp3) is 0.412. The predicted molar refractivity (Wildman–Crippen MR) is 93.7 cm³/mol. The van der Waals surface area contributed by atoms with E-state index in [0.717, 1.165) is 12.1 Å². The summed E-state index contributed by atoms with van der Waals surface area (Å²) in [5.41, 5.74) is -0.290. The zero-order valence-electron chi connectivity index (χ0n) is 14.8. The van der Waals surface area contributed by atoms with Crippen molar-refractivity contribution in [3.63, 3.8) is 0 Å². The zero-order chi connectivity index (χ0) is 20.4. The van der Waals surface area contributed by atoms with Gasteiger partial charge in [0, 0.05) is 26.2 Å². The Morgan fingerprint density at radius 2 is 1.82 bits per heavy atom. The maximum Gasteiger partial charge on any atom is 0.416 e. The summed E-state index contributed by atoms with van der Waals surface area (Å²) in [6.07, 6.45) is -1.48. The highest BCUT2D eigenvalue weighted by Crippen LogP contribution is 2.29. The molecule has 0 radical (unpaired) electrons. The van der Waals surface area contributed by atoms with Crippen molar-refractivity contribution in [3.05, 3.63) is 47.9 Å². The molecule has 152 valence electrons. The number of hydrogen-bond donors (Lipinski definition) is 1. The van der Waals surface area contributed by atoms with Crippen LogP contribution in [-0.2, 0) is 27.4 Å². The van der Waals surface area contributed by atoms with Crippen molar-refractivity contribution in [2.24, 2.45) is 0 Å². The van der Waals surface area contributed by atoms with Crippen LogP contribution in [0.2, 0.25) is 0 Å². The Labute approximate surface area is 160 Å². The number of halogens is 3. The van der Waals surface area contributed by atoms with Gasteiger partial charge in [0.1, 0.15) is 0 Å². The van der Waals surface area contributed by atoms with Gasteiger partial charge >= 0.3 is 6.18 Å². The molecule has 0 unspecified atom stereocenters. The first-order chi connectivity index (χ1) is 13.2. The topological polar surface area (TPSA) is 86.4 Å². The smallest absolute Gasteiger partial charge is 0.341 e. The van der Waals surface area contributed by atoms with Crippen molar-refractivity contribution >= 4 is 15.9 Å². The van der Waals surface area contributed by atoms with E-state index in [9.17, 15) is 26.4 Å². The van der Waals surface area contributed by atoms with E-state index in [1.54, 1.807) is 4.90 Å². The first kappa shape index (κ1) is 20.3. The number of rotatable bonds is 4. The number of benzene rings is 1. The minimum absolute atomic E-state index is 0.00275. The van der Waals surface area contributed by atoms with Gasteiger partial charge in [-0.15, -0.1) is 0 Å². The summed E-state index contributed by atoms with van der Waals surface area (Å²) in [6, 6.07) is 4.47. The van der Waals surface area contributed by atoms with Crippen LogP contribution < -0.4 is 0 Å². The number of imidazole rings is 1. The largest absolute Gasteiger partial charge is 0.416 e. The second-order valence-corrected chi connectivity index (χ2v) is 8.33. The van der Waals surface area contributed by atoms with Crippen LogP contribution in [0.15, 0.2) is 41.8 Å². The van der Waals surface area contributed by atoms with Crippen LogP contribution in [0.4, 0.5) is 13.2 Å². The highest BCUT2D eigenvalue weighted by Gasteiger charge is 2.31. The van der Waals surface area contributed by atoms with Crippen LogP contribution in [0.3, 0.4) is 0 Å². The molecule has 11 heteroatoms. The fourth-order valence-electron chi connectivity index (χ4n) is 3.00. The Balaban J connectivity index is 1.61. The maximum absolute atomic E-state index is 12.6. The van der Waals surface area contributed by atoms with Gasteiger partial charge in [-0.05, 0) is 24.1 Å². The van der Waals surface area contributed by atoms with E-state index in [2.05, 4.69) is 9.97 Å². The lowest BCUT2D eigenvalue weighted by Gasteiger charge is -2.21. The van der Waals surface area contributed by atoms with Crippen molar-refractivity contribution in [1.82, 2.24) is 19.2 Å². The summed E-state index contributed by atoms with van der Waals surface area (Å²) >= 11 is 0. The summed E-state index contributed by atoms with van der Waals surface area (Å²) in [4.78, 5) is 20.3. The van der Waals surface area contributed by atoms with Crippen LogP contribution >= 0.6 is 0 Å². The van der Waals surface area contributed by atoms with Gasteiger partial charge in [0.2, 0.25) is 5.91 Å². The molecule has 0 bridgehead atoms. The number of sulfonamides is 1. The third kappa shape index (κ3) is 4.53. The van der Waals surface area contributed by atoms with E-state index >= 15 is 0 Å². The van der Waals surface area contributed by atoms with Crippen LogP contribution in [0, 0.1) is 0 Å². The van der Waals surface area contributed by atoms with Crippen molar-refractivity contribution in [2.75, 3.05) is 26.2 Å². The van der Waals surface area contributed by atoms with Gasteiger partial charge in [-0.1, -0.05) is 12.1 Å². The van der Waals surface area contributed by atoms with Gasteiger partial charge in [-0.3, -0.25) is 4.79 Å². The number of hydrogen-bond acceptors (Lipinski definition) is 4. The van der Waals surface area contributed by atoms with E-state index < -0.39 is 21.8 Å². The Kier molecular flexibility index (Phi) is 5.75. The molecule has 0 aliphatic carbocycles. The minimum Gasteiger partial charge on any atom is -0.341 e. The summed E-state index contributed by atoms with van der Waals surface area (Å²) < 4.78 is 64.2. The van der Waals surface area contributed by atoms with Crippen molar-refractivity contribution in [2.45, 2.75) is 24.0 Å². The molecule has 28 heavy (non-hydrogen) atoms. The van der Waals surface area contributed by atoms with Crippen molar-refractivity contribution < 1.29 is 26.4 Å². The zero-order valence-corrected chi connectivity index (χ0v) is 15.6. The van der Waals surface area contributed by atoms with Crippen LogP contribution in [0.1, 0.15) is 17.5 Å². The number of carbonyl (C=O) groups is 1. The van der Waals surface area contributed by atoms with Gasteiger partial charge in [0.05, 0.1) is 24.5 Å². The molecule has 0 saturated carbocycles. The standard InChI is InChI=1S/C17H19F3N4O3S/c18-17(19,20)14-4-2-13(3-5-14)10-16(25)23-6-1-7-24(9-8-23)28(26,27)15-11-21-12-22-15/h2-5,11-12H,1,6-10H2,(H,21,22). The molecule has 1 aromatic heterocycles. The van der Waals surface area contributed by atoms with Gasteiger partial charge in [0.25, 0.3) is 10.0 Å². The molecule has 1 fully saturated rings. The van der Waals surface area contributed by atoms with Gasteiger partial charge in [-0.25, -0.2) is 13.4 Å². The fourth-order valence-corrected chi connectivity index (χ4v) is 4.37. The van der Waals surface area contributed by atoms with Crippen molar-refractivity contribution in [1.29, 1.82) is 0 Å². The van der Waals surface area contributed by atoms with Crippen LogP contribution in [-0.4, -0.2) is 59.7 Å². The summed E-state index contributed by atoms with van der Waals surface area (Å²) in [7, 11) is -3.70. The number of nitrogens with zero attached hydrogens (tertiary/aromatic N) is 3. The van der Waals surface area contributed by atoms with Gasteiger partial charge in [0.15, 0.2) is 5.03 Å². The average molecular weight is 416 g/mol. The Morgan fingerprint density at radius 1 is 1.11 bits per heavy atom. The Hall–Kier alpha value is -2.40. The van der Waals surface area contributed by atoms with E-state index in [4.69, 9.17) is 0 Å². The Bertz CT molecular complexity index is 912.